The lowest BCUT2D eigenvalue weighted by molar-refractivity contribution is 0.329. The Hall–Kier alpha value is -0.120. The van der Waals surface area contributed by atoms with E-state index in [2.05, 4.69) is 52.5 Å². The van der Waals surface area contributed by atoms with Gasteiger partial charge in [-0.05, 0) is 72.0 Å². The standard InChI is InChI=1S/C15H20BrNS/c1-10(14-9-11-2-3-12(14)8-11)17-7-6-13-4-5-15(16)18-13/h2-5,10-12,14,17H,6-9H2,1H3. The minimum Gasteiger partial charge on any atom is -0.314 e. The third-order valence-electron chi connectivity index (χ3n) is 4.44. The summed E-state index contributed by atoms with van der Waals surface area (Å²) >= 11 is 5.37. The molecule has 4 unspecified atom stereocenters. The van der Waals surface area contributed by atoms with E-state index in [9.17, 15) is 0 Å². The summed E-state index contributed by atoms with van der Waals surface area (Å²) in [5.74, 6) is 2.61. The molecule has 1 heterocycles. The van der Waals surface area contributed by atoms with Crippen LogP contribution in [0.2, 0.25) is 0 Å². The van der Waals surface area contributed by atoms with Crippen molar-refractivity contribution in [3.05, 3.63) is 32.9 Å². The molecule has 1 fully saturated rings. The molecule has 0 saturated heterocycles. The summed E-state index contributed by atoms with van der Waals surface area (Å²) in [5, 5.41) is 3.72. The van der Waals surface area contributed by atoms with Crippen molar-refractivity contribution >= 4 is 27.3 Å². The molecule has 0 radical (unpaired) electrons. The van der Waals surface area contributed by atoms with Crippen LogP contribution in [0.5, 0.6) is 0 Å². The highest BCUT2D eigenvalue weighted by atomic mass is 79.9. The van der Waals surface area contributed by atoms with Gasteiger partial charge in [0.15, 0.2) is 0 Å². The van der Waals surface area contributed by atoms with Crippen LogP contribution in [-0.2, 0) is 6.42 Å². The fourth-order valence-corrected chi connectivity index (χ4v) is 4.94. The number of fused-ring (bicyclic) bond motifs is 2. The highest BCUT2D eigenvalue weighted by Gasteiger charge is 2.38. The molecule has 2 aliphatic rings. The minimum atomic E-state index is 0.661. The Labute approximate surface area is 122 Å². The number of nitrogens with one attached hydrogen (secondary N) is 1. The molecule has 1 N–H and O–H groups in total. The Morgan fingerprint density at radius 3 is 2.89 bits per heavy atom. The van der Waals surface area contributed by atoms with Crippen LogP contribution in [0.15, 0.2) is 28.1 Å². The van der Waals surface area contributed by atoms with Crippen molar-refractivity contribution in [3.63, 3.8) is 0 Å². The molecule has 1 nitrogen and oxygen atoms in total. The van der Waals surface area contributed by atoms with Gasteiger partial charge in [0.2, 0.25) is 0 Å². The van der Waals surface area contributed by atoms with E-state index in [-0.39, 0.29) is 0 Å². The number of halogens is 1. The van der Waals surface area contributed by atoms with Crippen LogP contribution < -0.4 is 5.32 Å². The Balaban J connectivity index is 1.44. The lowest BCUT2D eigenvalue weighted by Gasteiger charge is -2.26. The second kappa shape index (κ2) is 5.48. The zero-order valence-electron chi connectivity index (χ0n) is 10.7. The van der Waals surface area contributed by atoms with E-state index >= 15 is 0 Å². The molecule has 1 saturated carbocycles. The maximum absolute atomic E-state index is 3.72. The average Bonchev–Trinajstić information content (AvgIpc) is 3.05. The van der Waals surface area contributed by atoms with Gasteiger partial charge >= 0.3 is 0 Å². The van der Waals surface area contributed by atoms with Crippen molar-refractivity contribution in [1.29, 1.82) is 0 Å². The Morgan fingerprint density at radius 2 is 2.28 bits per heavy atom. The van der Waals surface area contributed by atoms with Gasteiger partial charge in [0.25, 0.3) is 0 Å². The molecule has 0 aromatic carbocycles. The fourth-order valence-electron chi connectivity index (χ4n) is 3.46. The van der Waals surface area contributed by atoms with Crippen molar-refractivity contribution in [1.82, 2.24) is 5.32 Å². The zero-order valence-corrected chi connectivity index (χ0v) is 13.1. The second-order valence-corrected chi connectivity index (χ2v) is 8.19. The molecule has 4 atom stereocenters. The normalized spacial score (nSPS) is 31.1. The van der Waals surface area contributed by atoms with Crippen LogP contribution in [-0.4, -0.2) is 12.6 Å². The van der Waals surface area contributed by atoms with E-state index in [0.29, 0.717) is 6.04 Å². The highest BCUT2D eigenvalue weighted by Crippen LogP contribution is 2.44. The number of hydrogen-bond acceptors (Lipinski definition) is 2. The summed E-state index contributed by atoms with van der Waals surface area (Å²) in [5.41, 5.74) is 0. The van der Waals surface area contributed by atoms with Gasteiger partial charge in [-0.1, -0.05) is 12.2 Å². The van der Waals surface area contributed by atoms with Crippen LogP contribution in [0.1, 0.15) is 24.6 Å². The van der Waals surface area contributed by atoms with Crippen LogP contribution in [0.4, 0.5) is 0 Å². The molecule has 3 rings (SSSR count). The molecule has 0 amide bonds. The molecule has 2 bridgehead atoms. The monoisotopic (exact) mass is 325 g/mol. The number of allylic oxidation sites excluding steroid dienone is 2. The second-order valence-electron chi connectivity index (χ2n) is 5.64. The number of thiophene rings is 1. The SMILES string of the molecule is CC(NCCc1ccc(Br)s1)C1CC2C=CC1C2. The fraction of sp³-hybridized carbons (Fsp3) is 0.600. The first-order valence-corrected chi connectivity index (χ1v) is 8.49. The molecule has 98 valence electrons. The Bertz CT molecular complexity index is 439. The third-order valence-corrected chi connectivity index (χ3v) is 6.12. The molecular formula is C15H20BrNS. The first kappa shape index (κ1) is 12.9. The van der Waals surface area contributed by atoms with E-state index in [4.69, 9.17) is 0 Å². The first-order chi connectivity index (χ1) is 8.72. The summed E-state index contributed by atoms with van der Waals surface area (Å²) in [7, 11) is 0. The lowest BCUT2D eigenvalue weighted by Crippen LogP contribution is -2.36. The Kier molecular flexibility index (Phi) is 3.92. The smallest absolute Gasteiger partial charge is 0.0701 e. The summed E-state index contributed by atoms with van der Waals surface area (Å²) < 4.78 is 1.24. The summed E-state index contributed by atoms with van der Waals surface area (Å²) in [6.07, 6.45) is 8.84. The molecule has 0 aliphatic heterocycles. The van der Waals surface area contributed by atoms with Gasteiger partial charge in [-0.3, -0.25) is 0 Å². The van der Waals surface area contributed by atoms with Crippen LogP contribution in [0, 0.1) is 17.8 Å². The van der Waals surface area contributed by atoms with Gasteiger partial charge in [0.1, 0.15) is 0 Å². The molecule has 1 aromatic rings. The van der Waals surface area contributed by atoms with Gasteiger partial charge in [-0.2, -0.15) is 0 Å². The zero-order chi connectivity index (χ0) is 12.5. The molecule has 1 aromatic heterocycles. The van der Waals surface area contributed by atoms with Crippen LogP contribution in [0.3, 0.4) is 0 Å². The summed E-state index contributed by atoms with van der Waals surface area (Å²) in [6.45, 7) is 3.47. The molecule has 18 heavy (non-hydrogen) atoms. The summed E-state index contributed by atoms with van der Waals surface area (Å²) in [4.78, 5) is 1.47. The van der Waals surface area contributed by atoms with E-state index in [0.717, 1.165) is 30.7 Å². The van der Waals surface area contributed by atoms with Crippen LogP contribution >= 0.6 is 27.3 Å². The van der Waals surface area contributed by atoms with Crippen molar-refractivity contribution in [2.24, 2.45) is 17.8 Å². The minimum absolute atomic E-state index is 0.661. The molecule has 2 aliphatic carbocycles. The lowest BCUT2D eigenvalue weighted by atomic mass is 9.87. The molecular weight excluding hydrogens is 306 g/mol. The van der Waals surface area contributed by atoms with Gasteiger partial charge in [0.05, 0.1) is 3.79 Å². The highest BCUT2D eigenvalue weighted by molar-refractivity contribution is 9.11. The van der Waals surface area contributed by atoms with Gasteiger partial charge in [-0.15, -0.1) is 11.3 Å². The summed E-state index contributed by atoms with van der Waals surface area (Å²) in [6, 6.07) is 5.03. The van der Waals surface area contributed by atoms with E-state index < -0.39 is 0 Å². The van der Waals surface area contributed by atoms with E-state index in [1.807, 2.05) is 11.3 Å². The van der Waals surface area contributed by atoms with Gasteiger partial charge in [0, 0.05) is 17.5 Å². The van der Waals surface area contributed by atoms with Crippen molar-refractivity contribution in [2.45, 2.75) is 32.2 Å². The number of hydrogen-bond donors (Lipinski definition) is 1. The Morgan fingerprint density at radius 1 is 1.39 bits per heavy atom. The average molecular weight is 326 g/mol. The molecule has 0 spiro atoms. The van der Waals surface area contributed by atoms with E-state index in [1.165, 1.54) is 21.5 Å². The largest absolute Gasteiger partial charge is 0.314 e. The third kappa shape index (κ3) is 2.73. The van der Waals surface area contributed by atoms with Gasteiger partial charge < -0.3 is 5.32 Å². The maximum Gasteiger partial charge on any atom is 0.0701 e. The van der Waals surface area contributed by atoms with Crippen molar-refractivity contribution in [3.8, 4) is 0 Å². The first-order valence-electron chi connectivity index (χ1n) is 6.88. The maximum atomic E-state index is 3.72. The van der Waals surface area contributed by atoms with Crippen molar-refractivity contribution < 1.29 is 0 Å². The topological polar surface area (TPSA) is 12.0 Å². The predicted molar refractivity (Wildman–Crippen MR) is 82.0 cm³/mol. The quantitative estimate of drug-likeness (QED) is 0.798. The van der Waals surface area contributed by atoms with Crippen molar-refractivity contribution in [2.75, 3.05) is 6.54 Å². The van der Waals surface area contributed by atoms with E-state index in [1.54, 1.807) is 0 Å². The predicted octanol–water partition coefficient (Wildman–Crippen LogP) is 4.24. The molecule has 3 heteroatoms. The van der Waals surface area contributed by atoms with Crippen LogP contribution in [0.25, 0.3) is 0 Å². The van der Waals surface area contributed by atoms with Gasteiger partial charge in [-0.25, -0.2) is 0 Å². The number of rotatable bonds is 5.